The van der Waals surface area contributed by atoms with E-state index in [0.717, 1.165) is 55.2 Å². The minimum Gasteiger partial charge on any atom is -0.493 e. The summed E-state index contributed by atoms with van der Waals surface area (Å²) in [6.45, 7) is 5.78. The Morgan fingerprint density at radius 1 is 1.05 bits per heavy atom. The Bertz CT molecular complexity index is 1270. The molecule has 2 fully saturated rings. The number of hydrogen-bond acceptors (Lipinski definition) is 10. The fraction of sp³-hybridized carbons (Fsp3) is 0.533. The molecule has 3 unspecified atom stereocenters. The molecule has 0 spiro atoms. The van der Waals surface area contributed by atoms with Crippen molar-refractivity contribution in [3.8, 4) is 11.5 Å². The first-order chi connectivity index (χ1) is 20.3. The number of aromatic nitrogens is 1. The van der Waals surface area contributed by atoms with Crippen LogP contribution < -0.4 is 9.47 Å². The molecule has 1 aromatic carbocycles. The molecule has 2 aromatic rings. The highest BCUT2D eigenvalue weighted by atomic mass is 16.5. The van der Waals surface area contributed by atoms with Crippen LogP contribution in [0.4, 0.5) is 0 Å². The highest BCUT2D eigenvalue weighted by Crippen LogP contribution is 2.50. The van der Waals surface area contributed by atoms with Gasteiger partial charge in [0, 0.05) is 38.9 Å². The smallest absolute Gasteiger partial charge is 0.336 e. The van der Waals surface area contributed by atoms with Crippen LogP contribution in [0.2, 0.25) is 0 Å². The van der Waals surface area contributed by atoms with Crippen molar-refractivity contribution in [3.63, 3.8) is 0 Å². The number of aliphatic carboxylic acids is 3. The number of carboxylic acids is 3. The van der Waals surface area contributed by atoms with Crippen molar-refractivity contribution in [3.05, 3.63) is 53.3 Å². The van der Waals surface area contributed by atoms with Crippen LogP contribution in [0.15, 0.2) is 36.5 Å². The number of ether oxygens (including phenoxy) is 3. The van der Waals surface area contributed by atoms with E-state index in [-0.39, 0.29) is 5.92 Å². The van der Waals surface area contributed by atoms with E-state index in [1.807, 2.05) is 25.1 Å². The number of carbonyl (C=O) groups is 3. The summed E-state index contributed by atoms with van der Waals surface area (Å²) in [7, 11) is 3.31. The van der Waals surface area contributed by atoms with Crippen molar-refractivity contribution in [1.82, 2.24) is 9.88 Å². The topological polar surface area (TPSA) is 196 Å². The van der Waals surface area contributed by atoms with Gasteiger partial charge in [0.25, 0.3) is 0 Å². The van der Waals surface area contributed by atoms with Crippen molar-refractivity contribution in [2.75, 3.05) is 40.5 Å². The summed E-state index contributed by atoms with van der Waals surface area (Å²) in [6.07, 6.45) is 1.35. The summed E-state index contributed by atoms with van der Waals surface area (Å²) < 4.78 is 16.3. The number of likely N-dealkylation sites (tertiary alicyclic amines) is 1. The zero-order valence-corrected chi connectivity index (χ0v) is 24.6. The number of nitrogens with zero attached hydrogens (tertiary/aromatic N) is 2. The van der Waals surface area contributed by atoms with E-state index in [2.05, 4.69) is 22.0 Å². The van der Waals surface area contributed by atoms with Crippen LogP contribution in [0.5, 0.6) is 11.5 Å². The highest BCUT2D eigenvalue weighted by Gasteiger charge is 2.53. The standard InChI is InChI=1S/C24H32N2O4.C6H8O7/c1-17-5-4-10-25-23(17)24(27)9-8-19-15-26(16-20(19)24)14-18-6-7-21(29-3)22(13-18)30-12-11-28-2;7-3(8)1-6(13,5(11)12)2-4(9)10/h4-7,10,13,19-20,27H,8-9,11-12,14-16H2,1-3H3;13H,1-2H2,(H,7,8)(H,9,10)(H,11,12). The van der Waals surface area contributed by atoms with E-state index in [9.17, 15) is 19.5 Å². The fourth-order valence-electron chi connectivity index (χ4n) is 5.89. The quantitative estimate of drug-likeness (QED) is 0.208. The second-order valence-electron chi connectivity index (χ2n) is 11.0. The molecule has 13 nitrogen and oxygen atoms in total. The minimum absolute atomic E-state index is 0.224. The molecule has 1 aromatic heterocycles. The number of rotatable bonds is 13. The molecular weight excluding hydrogens is 564 g/mol. The lowest BCUT2D eigenvalue weighted by molar-refractivity contribution is -0.170. The Kier molecular flexibility index (Phi) is 11.4. The van der Waals surface area contributed by atoms with E-state index < -0.39 is 42.0 Å². The summed E-state index contributed by atoms with van der Waals surface area (Å²) >= 11 is 0. The second kappa shape index (κ2) is 14.6. The molecule has 0 amide bonds. The molecule has 0 bridgehead atoms. The lowest BCUT2D eigenvalue weighted by Gasteiger charge is -2.31. The van der Waals surface area contributed by atoms with Gasteiger partial charge in [-0.3, -0.25) is 19.5 Å². The zero-order chi connectivity index (χ0) is 31.8. The molecule has 1 saturated heterocycles. The lowest BCUT2D eigenvalue weighted by atomic mass is 9.83. The molecule has 236 valence electrons. The summed E-state index contributed by atoms with van der Waals surface area (Å²) in [5.41, 5.74) is -0.443. The van der Waals surface area contributed by atoms with Crippen molar-refractivity contribution < 1.29 is 54.1 Å². The van der Waals surface area contributed by atoms with Crippen LogP contribution >= 0.6 is 0 Å². The Balaban J connectivity index is 0.000000331. The van der Waals surface area contributed by atoms with Gasteiger partial charge in [-0.1, -0.05) is 12.1 Å². The van der Waals surface area contributed by atoms with Crippen molar-refractivity contribution in [2.45, 2.75) is 50.4 Å². The lowest BCUT2D eigenvalue weighted by Crippen LogP contribution is -2.42. The van der Waals surface area contributed by atoms with Gasteiger partial charge in [-0.25, -0.2) is 4.79 Å². The molecule has 1 aliphatic heterocycles. The molecule has 1 aliphatic carbocycles. The van der Waals surface area contributed by atoms with Gasteiger partial charge in [-0.15, -0.1) is 0 Å². The van der Waals surface area contributed by atoms with Gasteiger partial charge >= 0.3 is 17.9 Å². The summed E-state index contributed by atoms with van der Waals surface area (Å²) in [6, 6.07) is 10.1. The first-order valence-electron chi connectivity index (χ1n) is 13.9. The first kappa shape index (κ1) is 33.7. The number of hydrogen-bond donors (Lipinski definition) is 5. The second-order valence-corrected chi connectivity index (χ2v) is 11.0. The average molecular weight is 605 g/mol. The van der Waals surface area contributed by atoms with Gasteiger partial charge in [-0.05, 0) is 55.0 Å². The molecule has 3 atom stereocenters. The van der Waals surface area contributed by atoms with Crippen LogP contribution in [0.3, 0.4) is 0 Å². The average Bonchev–Trinajstić information content (AvgIpc) is 3.48. The summed E-state index contributed by atoms with van der Waals surface area (Å²) in [5.74, 6) is -2.82. The highest BCUT2D eigenvalue weighted by molar-refractivity contribution is 5.88. The predicted molar refractivity (Wildman–Crippen MR) is 152 cm³/mol. The number of pyridine rings is 1. The van der Waals surface area contributed by atoms with Crippen LogP contribution in [0.25, 0.3) is 0 Å². The number of fused-ring (bicyclic) bond motifs is 1. The molecule has 1 saturated carbocycles. The largest absolute Gasteiger partial charge is 0.493 e. The number of methoxy groups -OCH3 is 2. The van der Waals surface area contributed by atoms with Crippen molar-refractivity contribution >= 4 is 17.9 Å². The van der Waals surface area contributed by atoms with Gasteiger partial charge < -0.3 is 39.7 Å². The van der Waals surface area contributed by atoms with Gasteiger partial charge in [-0.2, -0.15) is 0 Å². The maximum Gasteiger partial charge on any atom is 0.336 e. The number of aryl methyl sites for hydroxylation is 1. The molecule has 43 heavy (non-hydrogen) atoms. The maximum absolute atomic E-state index is 11.6. The number of aliphatic hydroxyl groups is 2. The first-order valence-corrected chi connectivity index (χ1v) is 13.9. The van der Waals surface area contributed by atoms with Crippen molar-refractivity contribution in [1.29, 1.82) is 0 Å². The van der Waals surface area contributed by atoms with Gasteiger partial charge in [0.05, 0.1) is 32.3 Å². The van der Waals surface area contributed by atoms with Crippen LogP contribution in [0, 0.1) is 18.8 Å². The van der Waals surface area contributed by atoms with Gasteiger partial charge in [0.2, 0.25) is 0 Å². The molecular formula is C30H40N2O11. The van der Waals surface area contributed by atoms with E-state index in [0.29, 0.717) is 19.1 Å². The van der Waals surface area contributed by atoms with Crippen molar-refractivity contribution in [2.24, 2.45) is 11.8 Å². The third-order valence-electron chi connectivity index (χ3n) is 7.91. The van der Waals surface area contributed by atoms with Gasteiger partial charge in [0.1, 0.15) is 12.2 Å². The van der Waals surface area contributed by atoms with E-state index >= 15 is 0 Å². The van der Waals surface area contributed by atoms with E-state index in [1.54, 1.807) is 20.4 Å². The van der Waals surface area contributed by atoms with Gasteiger partial charge in [0.15, 0.2) is 17.1 Å². The monoisotopic (exact) mass is 604 g/mol. The molecule has 4 rings (SSSR count). The van der Waals surface area contributed by atoms with Crippen LogP contribution in [0.1, 0.15) is 42.5 Å². The Labute approximate surface area is 249 Å². The number of carboxylic acid groups (broad SMARTS) is 3. The van der Waals surface area contributed by atoms with E-state index in [1.165, 1.54) is 5.56 Å². The summed E-state index contributed by atoms with van der Waals surface area (Å²) in [4.78, 5) is 37.5. The molecule has 2 heterocycles. The Hall–Kier alpha value is -3.78. The van der Waals surface area contributed by atoms with Crippen LogP contribution in [-0.2, 0) is 31.3 Å². The third kappa shape index (κ3) is 8.41. The number of benzene rings is 1. The fourth-order valence-corrected chi connectivity index (χ4v) is 5.89. The van der Waals surface area contributed by atoms with E-state index in [4.69, 9.17) is 34.6 Å². The SMILES string of the molecule is COCCOc1cc(CN2CC3CCC(O)(c4ncccc4C)C3C2)ccc1OC.O=C(O)CC(O)(CC(=O)O)C(=O)O. The molecule has 2 aliphatic rings. The zero-order valence-electron chi connectivity index (χ0n) is 24.6. The predicted octanol–water partition coefficient (Wildman–Crippen LogP) is 1.90. The molecule has 0 radical (unpaired) electrons. The Morgan fingerprint density at radius 3 is 2.33 bits per heavy atom. The third-order valence-corrected chi connectivity index (χ3v) is 7.91. The normalized spacial score (nSPS) is 21.4. The Morgan fingerprint density at radius 2 is 1.74 bits per heavy atom. The minimum atomic E-state index is -2.74. The maximum atomic E-state index is 11.6. The molecule has 13 heteroatoms. The van der Waals surface area contributed by atoms with Crippen LogP contribution in [-0.4, -0.2) is 99.4 Å². The molecule has 5 N–H and O–H groups in total. The summed E-state index contributed by atoms with van der Waals surface area (Å²) in [5, 5.41) is 45.4.